The summed E-state index contributed by atoms with van der Waals surface area (Å²) in [6, 6.07) is 18.2. The minimum absolute atomic E-state index is 0.0135. The van der Waals surface area contributed by atoms with Gasteiger partial charge in [-0.2, -0.15) is 0 Å². The molecule has 1 atom stereocenters. The zero-order valence-corrected chi connectivity index (χ0v) is 16.6. The van der Waals surface area contributed by atoms with E-state index in [1.807, 2.05) is 37.3 Å². The zero-order valence-electron chi connectivity index (χ0n) is 16.6. The topological polar surface area (TPSA) is 88.3 Å². The lowest BCUT2D eigenvalue weighted by Crippen LogP contribution is -2.29. The Labute approximate surface area is 173 Å². The molecule has 30 heavy (non-hydrogen) atoms. The van der Waals surface area contributed by atoms with Crippen LogP contribution in [-0.2, 0) is 6.42 Å². The summed E-state index contributed by atoms with van der Waals surface area (Å²) in [5, 5.41) is 2.71. The first-order valence-electron chi connectivity index (χ1n) is 9.94. The van der Waals surface area contributed by atoms with E-state index in [0.717, 1.165) is 5.56 Å². The second kappa shape index (κ2) is 8.37. The van der Waals surface area contributed by atoms with Crippen molar-refractivity contribution in [2.24, 2.45) is 0 Å². The van der Waals surface area contributed by atoms with Crippen LogP contribution in [0.15, 0.2) is 65.5 Å². The van der Waals surface area contributed by atoms with Crippen LogP contribution < -0.4 is 15.6 Å². The number of aromatic nitrogens is 1. The first-order valence-corrected chi connectivity index (χ1v) is 9.94. The van der Waals surface area contributed by atoms with Crippen molar-refractivity contribution in [1.82, 2.24) is 4.98 Å². The number of para-hydroxylation sites is 2. The number of ether oxygens (including phenoxy) is 1. The molecule has 3 aromatic rings. The van der Waals surface area contributed by atoms with E-state index in [4.69, 9.17) is 4.74 Å². The fraction of sp³-hybridized carbons (Fsp3) is 0.208. The van der Waals surface area contributed by atoms with Crippen molar-refractivity contribution in [2.45, 2.75) is 25.7 Å². The average molecular weight is 402 g/mol. The van der Waals surface area contributed by atoms with Crippen LogP contribution in [0, 0.1) is 0 Å². The summed E-state index contributed by atoms with van der Waals surface area (Å²) in [6.45, 7) is 2.30. The second-order valence-corrected chi connectivity index (χ2v) is 7.23. The highest BCUT2D eigenvalue weighted by atomic mass is 16.5. The normalized spacial score (nSPS) is 15.4. The van der Waals surface area contributed by atoms with Crippen molar-refractivity contribution in [1.29, 1.82) is 0 Å². The quantitative estimate of drug-likeness (QED) is 0.677. The van der Waals surface area contributed by atoms with Gasteiger partial charge >= 0.3 is 0 Å². The molecule has 0 unspecified atom stereocenters. The van der Waals surface area contributed by atoms with Gasteiger partial charge in [-0.25, -0.2) is 0 Å². The van der Waals surface area contributed by atoms with Crippen molar-refractivity contribution >= 4 is 17.4 Å². The van der Waals surface area contributed by atoms with Gasteiger partial charge in [-0.15, -0.1) is 0 Å². The summed E-state index contributed by atoms with van der Waals surface area (Å²) in [5.41, 5.74) is 1.92. The molecule has 1 aliphatic carbocycles. The number of nitrogens with one attached hydrogen (secondary N) is 2. The third kappa shape index (κ3) is 3.89. The van der Waals surface area contributed by atoms with E-state index < -0.39 is 11.5 Å². The van der Waals surface area contributed by atoms with Gasteiger partial charge in [0, 0.05) is 17.7 Å². The van der Waals surface area contributed by atoms with E-state index in [-0.39, 0.29) is 17.3 Å². The standard InChI is InChI=1S/C24H22N2O4/c1-2-30-22-11-7-6-10-19(22)25-23(28)18-14-17-20(26-24(18)29)12-16(13-21(17)27)15-8-4-3-5-9-15/h3-11,14,16H,2,12-13H2,1H3,(H,25,28)(H,26,29)/t16-/m1/s1. The molecule has 1 aliphatic rings. The third-order valence-electron chi connectivity index (χ3n) is 5.26. The molecule has 2 aromatic carbocycles. The van der Waals surface area contributed by atoms with Gasteiger partial charge in [0.25, 0.3) is 11.5 Å². The highest BCUT2D eigenvalue weighted by molar-refractivity contribution is 6.07. The third-order valence-corrected chi connectivity index (χ3v) is 5.26. The molecule has 6 nitrogen and oxygen atoms in total. The Balaban J connectivity index is 1.62. The Morgan fingerprint density at radius 3 is 2.57 bits per heavy atom. The van der Waals surface area contributed by atoms with Crippen molar-refractivity contribution in [3.05, 3.63) is 93.4 Å². The Kier molecular flexibility index (Phi) is 5.48. The number of pyridine rings is 1. The molecule has 1 aromatic heterocycles. The zero-order chi connectivity index (χ0) is 21.1. The molecule has 152 valence electrons. The number of amides is 1. The van der Waals surface area contributed by atoms with E-state index in [1.54, 1.807) is 24.3 Å². The number of rotatable bonds is 5. The number of aromatic amines is 1. The molecule has 0 saturated carbocycles. The number of Topliss-reactive ketones (excluding diaryl/α,β-unsaturated/α-hetero) is 1. The monoisotopic (exact) mass is 402 g/mol. The maximum absolute atomic E-state index is 12.8. The fourth-order valence-electron chi connectivity index (χ4n) is 3.80. The molecule has 2 N–H and O–H groups in total. The van der Waals surface area contributed by atoms with Gasteiger partial charge in [0.1, 0.15) is 11.3 Å². The van der Waals surface area contributed by atoms with Crippen LogP contribution in [0.2, 0.25) is 0 Å². The number of hydrogen-bond acceptors (Lipinski definition) is 4. The van der Waals surface area contributed by atoms with Crippen LogP contribution in [0.4, 0.5) is 5.69 Å². The summed E-state index contributed by atoms with van der Waals surface area (Å²) in [4.78, 5) is 40.9. The van der Waals surface area contributed by atoms with Crippen LogP contribution in [-0.4, -0.2) is 23.3 Å². The molecule has 6 heteroatoms. The Morgan fingerprint density at radius 2 is 1.80 bits per heavy atom. The van der Waals surface area contributed by atoms with E-state index in [9.17, 15) is 14.4 Å². The number of carbonyl (C=O) groups is 2. The Hall–Kier alpha value is -3.67. The largest absolute Gasteiger partial charge is 0.492 e. The lowest BCUT2D eigenvalue weighted by molar-refractivity contribution is 0.0963. The average Bonchev–Trinajstić information content (AvgIpc) is 2.75. The minimum atomic E-state index is -0.579. The van der Waals surface area contributed by atoms with Crippen molar-refractivity contribution in [3.63, 3.8) is 0 Å². The number of H-pyrrole nitrogens is 1. The van der Waals surface area contributed by atoms with Crippen molar-refractivity contribution < 1.29 is 14.3 Å². The molecule has 0 spiro atoms. The number of ketones is 1. The summed E-state index contributed by atoms with van der Waals surface area (Å²) >= 11 is 0. The van der Waals surface area contributed by atoms with E-state index in [1.165, 1.54) is 6.07 Å². The fourth-order valence-corrected chi connectivity index (χ4v) is 3.80. The number of carbonyl (C=O) groups excluding carboxylic acids is 2. The molecular weight excluding hydrogens is 380 g/mol. The minimum Gasteiger partial charge on any atom is -0.492 e. The van der Waals surface area contributed by atoms with Gasteiger partial charge in [-0.1, -0.05) is 42.5 Å². The number of benzene rings is 2. The molecule has 1 heterocycles. The van der Waals surface area contributed by atoms with E-state index >= 15 is 0 Å². The van der Waals surface area contributed by atoms with Gasteiger partial charge in [-0.05, 0) is 43.0 Å². The Bertz CT molecular complexity index is 1150. The number of anilines is 1. The molecule has 0 aliphatic heterocycles. The van der Waals surface area contributed by atoms with E-state index in [0.29, 0.717) is 42.1 Å². The lowest BCUT2D eigenvalue weighted by atomic mass is 9.81. The molecule has 0 radical (unpaired) electrons. The molecule has 4 rings (SSSR count). The lowest BCUT2D eigenvalue weighted by Gasteiger charge is -2.24. The van der Waals surface area contributed by atoms with Crippen LogP contribution in [0.25, 0.3) is 0 Å². The SMILES string of the molecule is CCOc1ccccc1NC(=O)c1cc2c([nH]c1=O)C[C@@H](c1ccccc1)CC2=O. The maximum atomic E-state index is 12.8. The molecule has 0 saturated heterocycles. The van der Waals surface area contributed by atoms with Crippen LogP contribution in [0.1, 0.15) is 51.2 Å². The number of hydrogen-bond donors (Lipinski definition) is 2. The maximum Gasteiger partial charge on any atom is 0.261 e. The van der Waals surface area contributed by atoms with Gasteiger partial charge in [0.05, 0.1) is 12.3 Å². The van der Waals surface area contributed by atoms with Crippen molar-refractivity contribution in [2.75, 3.05) is 11.9 Å². The predicted octanol–water partition coefficient (Wildman–Crippen LogP) is 3.94. The summed E-state index contributed by atoms with van der Waals surface area (Å²) in [7, 11) is 0. The van der Waals surface area contributed by atoms with Gasteiger partial charge in [-0.3, -0.25) is 14.4 Å². The molecule has 0 bridgehead atoms. The second-order valence-electron chi connectivity index (χ2n) is 7.23. The number of fused-ring (bicyclic) bond motifs is 1. The van der Waals surface area contributed by atoms with E-state index in [2.05, 4.69) is 10.3 Å². The predicted molar refractivity (Wildman–Crippen MR) is 114 cm³/mol. The van der Waals surface area contributed by atoms with Gasteiger partial charge in [0.15, 0.2) is 5.78 Å². The summed E-state index contributed by atoms with van der Waals surface area (Å²) < 4.78 is 5.51. The summed E-state index contributed by atoms with van der Waals surface area (Å²) in [5.74, 6) is -0.126. The van der Waals surface area contributed by atoms with Crippen LogP contribution >= 0.6 is 0 Å². The molecular formula is C24H22N2O4. The smallest absolute Gasteiger partial charge is 0.261 e. The molecule has 1 amide bonds. The Morgan fingerprint density at radius 1 is 1.07 bits per heavy atom. The van der Waals surface area contributed by atoms with Crippen LogP contribution in [0.5, 0.6) is 5.75 Å². The first-order chi connectivity index (χ1) is 14.6. The van der Waals surface area contributed by atoms with Gasteiger partial charge in [0.2, 0.25) is 0 Å². The van der Waals surface area contributed by atoms with Crippen LogP contribution in [0.3, 0.4) is 0 Å². The summed E-state index contributed by atoms with van der Waals surface area (Å²) in [6.07, 6.45) is 0.896. The van der Waals surface area contributed by atoms with Gasteiger partial charge < -0.3 is 15.0 Å². The van der Waals surface area contributed by atoms with Crippen molar-refractivity contribution in [3.8, 4) is 5.75 Å². The highest BCUT2D eigenvalue weighted by Gasteiger charge is 2.29. The first kappa shape index (κ1) is 19.6. The highest BCUT2D eigenvalue weighted by Crippen LogP contribution is 2.31. The molecule has 0 fully saturated rings.